The van der Waals surface area contributed by atoms with Gasteiger partial charge in [0.05, 0.1) is 11.6 Å². The minimum atomic E-state index is -0.308. The van der Waals surface area contributed by atoms with E-state index in [0.29, 0.717) is 0 Å². The zero-order chi connectivity index (χ0) is 17.3. The molecular formula is C20H23NO2S. The summed E-state index contributed by atoms with van der Waals surface area (Å²) < 4.78 is 6.11. The predicted octanol–water partition coefficient (Wildman–Crippen LogP) is 4.75. The van der Waals surface area contributed by atoms with Crippen molar-refractivity contribution in [2.75, 3.05) is 6.26 Å². The first-order chi connectivity index (χ1) is 11.4. The SMILES string of the molecule is CSc1ccccc1C(=O)N[C@@H]1CC(C)(C)Oc2cc(C)ccc21. The Hall–Kier alpha value is -1.94. The molecule has 0 spiro atoms. The Morgan fingerprint density at radius 1 is 1.25 bits per heavy atom. The molecule has 1 atom stereocenters. The maximum Gasteiger partial charge on any atom is 0.252 e. The second-order valence-corrected chi connectivity index (χ2v) is 7.68. The molecule has 0 unspecified atom stereocenters. The molecule has 4 heteroatoms. The van der Waals surface area contributed by atoms with Crippen LogP contribution in [0.5, 0.6) is 5.75 Å². The minimum absolute atomic E-state index is 0.0332. The van der Waals surface area contributed by atoms with Crippen molar-refractivity contribution in [1.29, 1.82) is 0 Å². The summed E-state index contributed by atoms with van der Waals surface area (Å²) in [5.74, 6) is 0.837. The molecule has 126 valence electrons. The quantitative estimate of drug-likeness (QED) is 0.819. The third-order valence-electron chi connectivity index (χ3n) is 4.28. The molecule has 0 saturated heterocycles. The summed E-state index contributed by atoms with van der Waals surface area (Å²) >= 11 is 1.59. The number of fused-ring (bicyclic) bond motifs is 1. The lowest BCUT2D eigenvalue weighted by atomic mass is 9.89. The van der Waals surface area contributed by atoms with Crippen molar-refractivity contribution in [1.82, 2.24) is 5.32 Å². The van der Waals surface area contributed by atoms with Gasteiger partial charge < -0.3 is 10.1 Å². The molecule has 3 nitrogen and oxygen atoms in total. The van der Waals surface area contributed by atoms with Crippen LogP contribution in [0.2, 0.25) is 0 Å². The van der Waals surface area contributed by atoms with Gasteiger partial charge >= 0.3 is 0 Å². The van der Waals surface area contributed by atoms with Gasteiger partial charge in [-0.2, -0.15) is 0 Å². The number of amides is 1. The van der Waals surface area contributed by atoms with Crippen LogP contribution in [-0.4, -0.2) is 17.8 Å². The van der Waals surface area contributed by atoms with Gasteiger partial charge in [-0.25, -0.2) is 0 Å². The van der Waals surface area contributed by atoms with E-state index in [1.807, 2.05) is 43.5 Å². The molecule has 0 aromatic heterocycles. The van der Waals surface area contributed by atoms with Gasteiger partial charge in [0, 0.05) is 16.9 Å². The van der Waals surface area contributed by atoms with Gasteiger partial charge in [-0.3, -0.25) is 4.79 Å². The van der Waals surface area contributed by atoms with E-state index in [-0.39, 0.29) is 17.6 Å². The normalized spacial score (nSPS) is 18.4. The van der Waals surface area contributed by atoms with Crippen molar-refractivity contribution in [3.05, 3.63) is 59.2 Å². The van der Waals surface area contributed by atoms with Crippen LogP contribution >= 0.6 is 11.8 Å². The fraction of sp³-hybridized carbons (Fsp3) is 0.350. The van der Waals surface area contributed by atoms with Crippen LogP contribution in [0.4, 0.5) is 0 Å². The van der Waals surface area contributed by atoms with Gasteiger partial charge in [0.2, 0.25) is 0 Å². The number of carbonyl (C=O) groups is 1. The predicted molar refractivity (Wildman–Crippen MR) is 98.9 cm³/mol. The highest BCUT2D eigenvalue weighted by Crippen LogP contribution is 2.40. The lowest BCUT2D eigenvalue weighted by molar-refractivity contribution is 0.0618. The fourth-order valence-corrected chi connectivity index (χ4v) is 3.75. The monoisotopic (exact) mass is 341 g/mol. The molecule has 1 aliphatic heterocycles. The average Bonchev–Trinajstić information content (AvgIpc) is 2.53. The first-order valence-corrected chi connectivity index (χ1v) is 9.35. The van der Waals surface area contributed by atoms with Gasteiger partial charge in [-0.15, -0.1) is 11.8 Å². The van der Waals surface area contributed by atoms with Gasteiger partial charge in [0.25, 0.3) is 5.91 Å². The first kappa shape index (κ1) is 16.9. The van der Waals surface area contributed by atoms with Crippen LogP contribution in [0, 0.1) is 6.92 Å². The molecule has 1 aliphatic rings. The van der Waals surface area contributed by atoms with E-state index >= 15 is 0 Å². The summed E-state index contributed by atoms with van der Waals surface area (Å²) in [7, 11) is 0. The molecule has 2 aromatic rings. The van der Waals surface area contributed by atoms with Crippen LogP contribution in [0.15, 0.2) is 47.4 Å². The molecule has 3 rings (SSSR count). The second-order valence-electron chi connectivity index (χ2n) is 6.83. The van der Waals surface area contributed by atoms with Gasteiger partial charge in [-0.05, 0) is 50.8 Å². The topological polar surface area (TPSA) is 38.3 Å². The molecule has 0 fully saturated rings. The molecule has 0 aliphatic carbocycles. The Labute approximate surface area is 147 Å². The number of hydrogen-bond donors (Lipinski definition) is 1. The Balaban J connectivity index is 1.91. The zero-order valence-corrected chi connectivity index (χ0v) is 15.4. The maximum atomic E-state index is 12.8. The molecule has 0 radical (unpaired) electrons. The summed E-state index contributed by atoms with van der Waals surface area (Å²) in [6.45, 7) is 6.17. The van der Waals surface area contributed by atoms with E-state index in [1.54, 1.807) is 11.8 Å². The van der Waals surface area contributed by atoms with Crippen molar-refractivity contribution in [3.63, 3.8) is 0 Å². The van der Waals surface area contributed by atoms with Crippen molar-refractivity contribution in [2.45, 2.75) is 43.7 Å². The van der Waals surface area contributed by atoms with E-state index in [2.05, 4.69) is 31.3 Å². The number of thioether (sulfide) groups is 1. The van der Waals surface area contributed by atoms with Gasteiger partial charge in [0.1, 0.15) is 11.4 Å². The molecule has 24 heavy (non-hydrogen) atoms. The largest absolute Gasteiger partial charge is 0.487 e. The first-order valence-electron chi connectivity index (χ1n) is 8.13. The standard InChI is InChI=1S/C20H23NO2S/c1-13-9-10-14-16(12-20(2,3)23-17(14)11-13)21-19(22)15-7-5-6-8-18(15)24-4/h5-11,16H,12H2,1-4H3,(H,21,22)/t16-/m1/s1. The number of rotatable bonds is 3. The number of carbonyl (C=O) groups excluding carboxylic acids is 1. The van der Waals surface area contributed by atoms with Crippen LogP contribution < -0.4 is 10.1 Å². The van der Waals surface area contributed by atoms with Gasteiger partial charge in [-0.1, -0.05) is 24.3 Å². The highest BCUT2D eigenvalue weighted by atomic mass is 32.2. The smallest absolute Gasteiger partial charge is 0.252 e. The van der Waals surface area contributed by atoms with Crippen LogP contribution in [-0.2, 0) is 0 Å². The summed E-state index contributed by atoms with van der Waals surface area (Å²) in [5, 5.41) is 3.21. The van der Waals surface area contributed by atoms with Crippen molar-refractivity contribution in [3.8, 4) is 5.75 Å². The van der Waals surface area contributed by atoms with E-state index in [1.165, 1.54) is 0 Å². The summed E-state index contributed by atoms with van der Waals surface area (Å²) in [4.78, 5) is 13.8. The van der Waals surface area contributed by atoms with Crippen molar-refractivity contribution in [2.24, 2.45) is 0 Å². The highest BCUT2D eigenvalue weighted by molar-refractivity contribution is 7.98. The lowest BCUT2D eigenvalue weighted by Crippen LogP contribution is -2.41. The third-order valence-corrected chi connectivity index (χ3v) is 5.08. The van der Waals surface area contributed by atoms with E-state index in [4.69, 9.17) is 4.74 Å². The van der Waals surface area contributed by atoms with Crippen molar-refractivity contribution < 1.29 is 9.53 Å². The minimum Gasteiger partial charge on any atom is -0.487 e. The average molecular weight is 341 g/mol. The Morgan fingerprint density at radius 3 is 2.75 bits per heavy atom. The lowest BCUT2D eigenvalue weighted by Gasteiger charge is -2.38. The highest BCUT2D eigenvalue weighted by Gasteiger charge is 2.34. The number of benzene rings is 2. The fourth-order valence-electron chi connectivity index (χ4n) is 3.16. The molecule has 1 amide bonds. The summed E-state index contributed by atoms with van der Waals surface area (Å²) in [6.07, 6.45) is 2.73. The number of nitrogens with one attached hydrogen (secondary N) is 1. The molecule has 0 bridgehead atoms. The molecular weight excluding hydrogens is 318 g/mol. The Morgan fingerprint density at radius 2 is 2.00 bits per heavy atom. The molecule has 0 saturated carbocycles. The molecule has 1 N–H and O–H groups in total. The zero-order valence-electron chi connectivity index (χ0n) is 14.6. The molecule has 1 heterocycles. The van der Waals surface area contributed by atoms with Crippen LogP contribution in [0.1, 0.15) is 47.8 Å². The summed E-state index contributed by atoms with van der Waals surface area (Å²) in [6, 6.07) is 13.8. The molecule has 2 aromatic carbocycles. The van der Waals surface area contributed by atoms with Crippen molar-refractivity contribution >= 4 is 17.7 Å². The number of ether oxygens (including phenoxy) is 1. The number of hydrogen-bond acceptors (Lipinski definition) is 3. The Kier molecular flexibility index (Phi) is 4.59. The van der Waals surface area contributed by atoms with E-state index in [9.17, 15) is 4.79 Å². The van der Waals surface area contributed by atoms with Crippen LogP contribution in [0.25, 0.3) is 0 Å². The maximum absolute atomic E-state index is 12.8. The van der Waals surface area contributed by atoms with E-state index in [0.717, 1.165) is 33.8 Å². The number of aryl methyl sites for hydroxylation is 1. The second kappa shape index (κ2) is 6.52. The third kappa shape index (κ3) is 3.44. The van der Waals surface area contributed by atoms with Crippen LogP contribution in [0.3, 0.4) is 0 Å². The summed E-state index contributed by atoms with van der Waals surface area (Å²) in [5.41, 5.74) is 2.62. The van der Waals surface area contributed by atoms with E-state index < -0.39 is 0 Å². The Bertz CT molecular complexity index is 770. The van der Waals surface area contributed by atoms with Gasteiger partial charge in [0.15, 0.2) is 0 Å².